The number of terminal acetylenes is 1. The van der Waals surface area contributed by atoms with Crippen molar-refractivity contribution < 1.29 is 14.7 Å². The summed E-state index contributed by atoms with van der Waals surface area (Å²) >= 11 is 0. The van der Waals surface area contributed by atoms with Gasteiger partial charge in [0.1, 0.15) is 0 Å². The first kappa shape index (κ1) is 14.3. The van der Waals surface area contributed by atoms with Gasteiger partial charge in [-0.3, -0.25) is 9.69 Å². The number of carbonyl (C=O) groups excluding carboxylic acids is 1. The van der Waals surface area contributed by atoms with E-state index in [0.29, 0.717) is 39.1 Å². The Morgan fingerprint density at radius 3 is 2.50 bits per heavy atom. The highest BCUT2D eigenvalue weighted by Crippen LogP contribution is 2.01. The van der Waals surface area contributed by atoms with Crippen molar-refractivity contribution >= 4 is 12.0 Å². The molecule has 0 radical (unpaired) electrons. The van der Waals surface area contributed by atoms with E-state index in [1.807, 2.05) is 4.90 Å². The number of nitrogens with one attached hydrogen (secondary N) is 1. The highest BCUT2D eigenvalue weighted by Gasteiger charge is 2.21. The van der Waals surface area contributed by atoms with Gasteiger partial charge < -0.3 is 15.3 Å². The van der Waals surface area contributed by atoms with E-state index < -0.39 is 5.97 Å². The van der Waals surface area contributed by atoms with E-state index in [0.717, 1.165) is 6.42 Å². The Kier molecular flexibility index (Phi) is 6.01. The van der Waals surface area contributed by atoms with Gasteiger partial charge in [-0.25, -0.2) is 4.79 Å². The molecular weight excluding hydrogens is 234 g/mol. The lowest BCUT2D eigenvalue weighted by Crippen LogP contribution is -2.52. The summed E-state index contributed by atoms with van der Waals surface area (Å²) in [6.07, 6.45) is 6.55. The number of carboxylic acid groups (broad SMARTS) is 1. The number of carbonyl (C=O) groups is 2. The summed E-state index contributed by atoms with van der Waals surface area (Å²) in [5.74, 6) is 1.69. The molecule has 1 heterocycles. The number of piperazine rings is 1. The van der Waals surface area contributed by atoms with Crippen LogP contribution >= 0.6 is 0 Å². The largest absolute Gasteiger partial charge is 0.480 e. The summed E-state index contributed by atoms with van der Waals surface area (Å²) in [7, 11) is 0. The fraction of sp³-hybridized carbons (Fsp3) is 0.667. The smallest absolute Gasteiger partial charge is 0.317 e. The van der Waals surface area contributed by atoms with Crippen molar-refractivity contribution in [1.82, 2.24) is 15.1 Å². The van der Waals surface area contributed by atoms with Crippen LogP contribution in [0.25, 0.3) is 0 Å². The third-order valence-corrected chi connectivity index (χ3v) is 2.79. The zero-order valence-corrected chi connectivity index (χ0v) is 10.4. The number of nitrogens with zero attached hydrogens (tertiary/aromatic N) is 2. The number of aliphatic carboxylic acids is 1. The van der Waals surface area contributed by atoms with Crippen LogP contribution in [0, 0.1) is 12.3 Å². The second-order valence-corrected chi connectivity index (χ2v) is 4.20. The average Bonchev–Trinajstić information content (AvgIpc) is 2.34. The van der Waals surface area contributed by atoms with Gasteiger partial charge in [0.15, 0.2) is 0 Å². The van der Waals surface area contributed by atoms with Crippen molar-refractivity contribution in [3.63, 3.8) is 0 Å². The molecule has 0 aromatic heterocycles. The molecule has 1 rings (SSSR count). The summed E-state index contributed by atoms with van der Waals surface area (Å²) in [5.41, 5.74) is 0. The molecule has 0 unspecified atom stereocenters. The standard InChI is InChI=1S/C12H19N3O3/c1-2-3-4-5-13-12(18)15-8-6-14(7-9-15)10-11(16)17/h1H,3-10H2,(H,13,18)(H,16,17). The molecule has 100 valence electrons. The molecule has 0 spiro atoms. The number of unbranched alkanes of at least 4 members (excludes halogenated alkanes) is 1. The Labute approximate surface area is 107 Å². The maximum Gasteiger partial charge on any atom is 0.317 e. The van der Waals surface area contributed by atoms with E-state index in [1.54, 1.807) is 4.90 Å². The molecule has 0 bridgehead atoms. The van der Waals surface area contributed by atoms with Crippen LogP contribution in [0.5, 0.6) is 0 Å². The van der Waals surface area contributed by atoms with Gasteiger partial charge in [0.2, 0.25) is 0 Å². The Balaban J connectivity index is 2.19. The Hall–Kier alpha value is -1.74. The molecule has 1 aliphatic rings. The fourth-order valence-corrected chi connectivity index (χ4v) is 1.80. The molecule has 0 atom stereocenters. The van der Waals surface area contributed by atoms with E-state index >= 15 is 0 Å². The van der Waals surface area contributed by atoms with E-state index in [-0.39, 0.29) is 12.6 Å². The molecule has 0 saturated carbocycles. The van der Waals surface area contributed by atoms with Crippen LogP contribution in [0.2, 0.25) is 0 Å². The molecule has 0 aliphatic carbocycles. The van der Waals surface area contributed by atoms with Crippen LogP contribution in [0.4, 0.5) is 4.79 Å². The van der Waals surface area contributed by atoms with E-state index in [9.17, 15) is 9.59 Å². The quantitative estimate of drug-likeness (QED) is 0.526. The summed E-state index contributed by atoms with van der Waals surface area (Å²) < 4.78 is 0. The van der Waals surface area contributed by atoms with E-state index in [2.05, 4.69) is 11.2 Å². The van der Waals surface area contributed by atoms with Crippen molar-refractivity contribution in [2.45, 2.75) is 12.8 Å². The molecule has 6 nitrogen and oxygen atoms in total. The SMILES string of the molecule is C#CCCCNC(=O)N1CCN(CC(=O)O)CC1. The number of urea groups is 1. The highest BCUT2D eigenvalue weighted by molar-refractivity contribution is 5.74. The number of amides is 2. The van der Waals surface area contributed by atoms with Gasteiger partial charge in [-0.05, 0) is 6.42 Å². The second-order valence-electron chi connectivity index (χ2n) is 4.20. The van der Waals surface area contributed by atoms with Crippen LogP contribution in [-0.2, 0) is 4.79 Å². The Bertz CT molecular complexity index is 330. The average molecular weight is 253 g/mol. The van der Waals surface area contributed by atoms with Crippen LogP contribution in [0.15, 0.2) is 0 Å². The third kappa shape index (κ3) is 5.06. The fourth-order valence-electron chi connectivity index (χ4n) is 1.80. The maximum atomic E-state index is 11.7. The lowest BCUT2D eigenvalue weighted by Gasteiger charge is -2.33. The summed E-state index contributed by atoms with van der Waals surface area (Å²) in [4.78, 5) is 25.8. The van der Waals surface area contributed by atoms with Crippen LogP contribution in [-0.4, -0.2) is 66.2 Å². The maximum absolute atomic E-state index is 11.7. The summed E-state index contributed by atoms with van der Waals surface area (Å²) in [5, 5.41) is 11.5. The third-order valence-electron chi connectivity index (χ3n) is 2.79. The van der Waals surface area contributed by atoms with Crippen molar-refractivity contribution in [1.29, 1.82) is 0 Å². The van der Waals surface area contributed by atoms with E-state index in [1.165, 1.54) is 0 Å². The molecule has 18 heavy (non-hydrogen) atoms. The zero-order valence-electron chi connectivity index (χ0n) is 10.4. The molecule has 0 aromatic rings. The van der Waals surface area contributed by atoms with Gasteiger partial charge in [0.25, 0.3) is 0 Å². The number of carboxylic acids is 1. The zero-order chi connectivity index (χ0) is 13.4. The lowest BCUT2D eigenvalue weighted by molar-refractivity contribution is -0.138. The van der Waals surface area contributed by atoms with Crippen LogP contribution in [0.3, 0.4) is 0 Å². The molecule has 1 saturated heterocycles. The van der Waals surface area contributed by atoms with Gasteiger partial charge >= 0.3 is 12.0 Å². The molecule has 0 aromatic carbocycles. The van der Waals surface area contributed by atoms with Gasteiger partial charge in [-0.1, -0.05) is 0 Å². The number of hydrogen-bond donors (Lipinski definition) is 2. The van der Waals surface area contributed by atoms with Crippen molar-refractivity contribution in [2.24, 2.45) is 0 Å². The highest BCUT2D eigenvalue weighted by atomic mass is 16.4. The molecule has 1 fully saturated rings. The summed E-state index contributed by atoms with van der Waals surface area (Å²) in [6.45, 7) is 2.95. The minimum Gasteiger partial charge on any atom is -0.480 e. The first-order valence-corrected chi connectivity index (χ1v) is 6.04. The predicted octanol–water partition coefficient (Wildman–Crippen LogP) is -0.188. The van der Waals surface area contributed by atoms with Crippen LogP contribution in [0.1, 0.15) is 12.8 Å². The van der Waals surface area contributed by atoms with Gasteiger partial charge in [0.05, 0.1) is 6.54 Å². The molecule has 2 amide bonds. The minimum absolute atomic E-state index is 0.0393. The summed E-state index contributed by atoms with van der Waals surface area (Å²) in [6, 6.07) is -0.0954. The molecule has 1 aliphatic heterocycles. The minimum atomic E-state index is -0.831. The normalized spacial score (nSPS) is 16.1. The first-order valence-electron chi connectivity index (χ1n) is 6.04. The van der Waals surface area contributed by atoms with Gasteiger partial charge in [-0.2, -0.15) is 0 Å². The first-order chi connectivity index (χ1) is 8.63. The van der Waals surface area contributed by atoms with Crippen LogP contribution < -0.4 is 5.32 Å². The Morgan fingerprint density at radius 2 is 1.94 bits per heavy atom. The second kappa shape index (κ2) is 7.56. The van der Waals surface area contributed by atoms with Crippen molar-refractivity contribution in [2.75, 3.05) is 39.3 Å². The van der Waals surface area contributed by atoms with Gasteiger partial charge in [0, 0.05) is 39.1 Å². The van der Waals surface area contributed by atoms with E-state index in [4.69, 9.17) is 11.5 Å². The topological polar surface area (TPSA) is 72.9 Å². The Morgan fingerprint density at radius 1 is 1.28 bits per heavy atom. The van der Waals surface area contributed by atoms with Gasteiger partial charge in [-0.15, -0.1) is 12.3 Å². The predicted molar refractivity (Wildman–Crippen MR) is 67.1 cm³/mol. The lowest BCUT2D eigenvalue weighted by atomic mass is 10.3. The monoisotopic (exact) mass is 253 g/mol. The molecular formula is C12H19N3O3. The number of hydrogen-bond acceptors (Lipinski definition) is 3. The molecule has 2 N–H and O–H groups in total. The van der Waals surface area contributed by atoms with Crippen molar-refractivity contribution in [3.8, 4) is 12.3 Å². The van der Waals surface area contributed by atoms with Crippen molar-refractivity contribution in [3.05, 3.63) is 0 Å². The molecule has 6 heteroatoms. The number of rotatable bonds is 5.